The molecule has 6 heteroatoms. The summed E-state index contributed by atoms with van der Waals surface area (Å²) in [7, 11) is 0. The van der Waals surface area contributed by atoms with Crippen LogP contribution in [0.5, 0.6) is 0 Å². The molecule has 3 rings (SSSR count). The summed E-state index contributed by atoms with van der Waals surface area (Å²) in [6.45, 7) is 3.73. The summed E-state index contributed by atoms with van der Waals surface area (Å²) in [4.78, 5) is 0. The van der Waals surface area contributed by atoms with Crippen LogP contribution in [0, 0.1) is 19.7 Å². The fourth-order valence-corrected chi connectivity index (χ4v) is 2.13. The summed E-state index contributed by atoms with van der Waals surface area (Å²) in [5.74, 6) is 0.108. The van der Waals surface area contributed by atoms with Crippen molar-refractivity contribution in [1.29, 1.82) is 0 Å². The molecule has 0 bridgehead atoms. The van der Waals surface area contributed by atoms with E-state index in [-0.39, 0.29) is 5.82 Å². The summed E-state index contributed by atoms with van der Waals surface area (Å²) in [6.07, 6.45) is 0. The molecule has 0 saturated heterocycles. The lowest BCUT2D eigenvalue weighted by molar-refractivity contribution is 0.606. The largest absolute Gasteiger partial charge is 0.399 e. The predicted molar refractivity (Wildman–Crippen MR) is 78.4 cm³/mol. The van der Waals surface area contributed by atoms with Crippen molar-refractivity contribution in [3.8, 4) is 17.1 Å². The number of tetrazole rings is 1. The lowest BCUT2D eigenvalue weighted by atomic mass is 10.1. The van der Waals surface area contributed by atoms with Crippen molar-refractivity contribution in [3.63, 3.8) is 0 Å². The van der Waals surface area contributed by atoms with Gasteiger partial charge in [-0.2, -0.15) is 4.68 Å². The topological polar surface area (TPSA) is 69.6 Å². The fourth-order valence-electron chi connectivity index (χ4n) is 2.13. The van der Waals surface area contributed by atoms with Crippen LogP contribution in [0.15, 0.2) is 36.4 Å². The smallest absolute Gasteiger partial charge is 0.187 e. The third-order valence-electron chi connectivity index (χ3n) is 3.33. The number of aryl methyl sites for hydroxylation is 2. The van der Waals surface area contributed by atoms with Gasteiger partial charge < -0.3 is 5.73 Å². The minimum atomic E-state index is -0.365. The zero-order valence-electron chi connectivity index (χ0n) is 11.7. The Morgan fingerprint density at radius 1 is 1.10 bits per heavy atom. The molecule has 0 amide bonds. The third kappa shape index (κ3) is 2.35. The summed E-state index contributed by atoms with van der Waals surface area (Å²) in [5, 5.41) is 11.5. The molecule has 21 heavy (non-hydrogen) atoms. The SMILES string of the molecule is Cc1ccc(-n2nnnc2-c2ccc(N)c(C)c2)c(F)c1. The summed E-state index contributed by atoms with van der Waals surface area (Å²) >= 11 is 0. The highest BCUT2D eigenvalue weighted by Crippen LogP contribution is 2.24. The first-order valence-corrected chi connectivity index (χ1v) is 6.47. The molecule has 0 aliphatic rings. The molecular weight excluding hydrogens is 269 g/mol. The standard InChI is InChI=1S/C15H14FN5/c1-9-3-6-14(12(16)7-9)21-15(18-19-20-21)11-4-5-13(17)10(2)8-11/h3-8H,17H2,1-2H3. The Morgan fingerprint density at radius 3 is 2.62 bits per heavy atom. The second-order valence-corrected chi connectivity index (χ2v) is 4.94. The van der Waals surface area contributed by atoms with Gasteiger partial charge >= 0.3 is 0 Å². The zero-order valence-corrected chi connectivity index (χ0v) is 11.7. The minimum absolute atomic E-state index is 0.315. The van der Waals surface area contributed by atoms with Gasteiger partial charge in [-0.15, -0.1) is 5.10 Å². The van der Waals surface area contributed by atoms with E-state index in [4.69, 9.17) is 5.73 Å². The molecule has 0 fully saturated rings. The van der Waals surface area contributed by atoms with Gasteiger partial charge in [-0.3, -0.25) is 0 Å². The van der Waals surface area contributed by atoms with Crippen molar-refractivity contribution in [3.05, 3.63) is 53.3 Å². The number of nitrogens with zero attached hydrogens (tertiary/aromatic N) is 4. The Balaban J connectivity index is 2.14. The molecule has 0 unspecified atom stereocenters. The molecule has 0 spiro atoms. The lowest BCUT2D eigenvalue weighted by Gasteiger charge is -2.08. The van der Waals surface area contributed by atoms with Crippen molar-refractivity contribution in [1.82, 2.24) is 20.2 Å². The summed E-state index contributed by atoms with van der Waals surface area (Å²) in [5.41, 5.74) is 9.37. The van der Waals surface area contributed by atoms with Crippen LogP contribution in [0.4, 0.5) is 10.1 Å². The van der Waals surface area contributed by atoms with Crippen molar-refractivity contribution in [2.45, 2.75) is 13.8 Å². The Labute approximate surface area is 121 Å². The van der Waals surface area contributed by atoms with Gasteiger partial charge in [0.2, 0.25) is 0 Å². The number of nitrogens with two attached hydrogens (primary N) is 1. The summed E-state index contributed by atoms with van der Waals surface area (Å²) in [6, 6.07) is 10.4. The fraction of sp³-hybridized carbons (Fsp3) is 0.133. The molecule has 2 aromatic carbocycles. The molecule has 106 valence electrons. The normalized spacial score (nSPS) is 10.8. The second-order valence-electron chi connectivity index (χ2n) is 4.94. The van der Waals surface area contributed by atoms with Gasteiger partial charge in [-0.1, -0.05) is 6.07 Å². The van der Waals surface area contributed by atoms with Gasteiger partial charge in [0.05, 0.1) is 0 Å². The molecule has 0 radical (unpaired) electrons. The van der Waals surface area contributed by atoms with E-state index < -0.39 is 0 Å². The van der Waals surface area contributed by atoms with Gasteiger partial charge in [-0.05, 0) is 65.7 Å². The molecule has 1 aromatic heterocycles. The third-order valence-corrected chi connectivity index (χ3v) is 3.33. The highest BCUT2D eigenvalue weighted by atomic mass is 19.1. The van der Waals surface area contributed by atoms with Crippen LogP contribution >= 0.6 is 0 Å². The number of anilines is 1. The number of nitrogen functional groups attached to an aromatic ring is 1. The quantitative estimate of drug-likeness (QED) is 0.734. The van der Waals surface area contributed by atoms with Crippen LogP contribution in [0.25, 0.3) is 17.1 Å². The van der Waals surface area contributed by atoms with E-state index in [0.29, 0.717) is 17.2 Å². The van der Waals surface area contributed by atoms with Crippen LogP contribution in [-0.4, -0.2) is 20.2 Å². The van der Waals surface area contributed by atoms with Gasteiger partial charge in [0.15, 0.2) is 5.82 Å². The van der Waals surface area contributed by atoms with E-state index in [9.17, 15) is 4.39 Å². The van der Waals surface area contributed by atoms with E-state index in [0.717, 1.165) is 16.7 Å². The van der Waals surface area contributed by atoms with Crippen LogP contribution in [-0.2, 0) is 0 Å². The Hall–Kier alpha value is -2.76. The van der Waals surface area contributed by atoms with Crippen molar-refractivity contribution in [2.24, 2.45) is 0 Å². The average Bonchev–Trinajstić information content (AvgIpc) is 2.91. The molecule has 0 saturated carbocycles. The average molecular weight is 283 g/mol. The molecular formula is C15H14FN5. The summed E-state index contributed by atoms with van der Waals surface area (Å²) < 4.78 is 15.5. The first-order valence-electron chi connectivity index (χ1n) is 6.47. The number of hydrogen-bond acceptors (Lipinski definition) is 4. The molecule has 0 atom stereocenters. The van der Waals surface area contributed by atoms with Crippen LogP contribution < -0.4 is 5.73 Å². The van der Waals surface area contributed by atoms with Gasteiger partial charge in [0.25, 0.3) is 0 Å². The minimum Gasteiger partial charge on any atom is -0.399 e. The number of aromatic nitrogens is 4. The molecule has 5 nitrogen and oxygen atoms in total. The first kappa shape index (κ1) is 13.2. The Morgan fingerprint density at radius 2 is 1.90 bits per heavy atom. The van der Waals surface area contributed by atoms with Gasteiger partial charge in [0, 0.05) is 11.3 Å². The maximum atomic E-state index is 14.1. The van der Waals surface area contributed by atoms with Crippen molar-refractivity contribution < 1.29 is 4.39 Å². The number of benzene rings is 2. The highest BCUT2D eigenvalue weighted by Gasteiger charge is 2.14. The molecule has 0 aliphatic carbocycles. The lowest BCUT2D eigenvalue weighted by Crippen LogP contribution is -2.03. The van der Waals surface area contributed by atoms with Crippen LogP contribution in [0.1, 0.15) is 11.1 Å². The van der Waals surface area contributed by atoms with Crippen LogP contribution in [0.3, 0.4) is 0 Å². The van der Waals surface area contributed by atoms with E-state index >= 15 is 0 Å². The maximum absolute atomic E-state index is 14.1. The van der Waals surface area contributed by atoms with Crippen LogP contribution in [0.2, 0.25) is 0 Å². The number of rotatable bonds is 2. The van der Waals surface area contributed by atoms with E-state index in [1.165, 1.54) is 10.7 Å². The highest BCUT2D eigenvalue weighted by molar-refractivity contribution is 5.63. The Kier molecular flexibility index (Phi) is 3.13. The second kappa shape index (κ2) is 4.97. The van der Waals surface area contributed by atoms with E-state index in [1.807, 2.05) is 32.0 Å². The zero-order chi connectivity index (χ0) is 15.0. The molecule has 2 N–H and O–H groups in total. The van der Waals surface area contributed by atoms with E-state index in [2.05, 4.69) is 15.5 Å². The van der Waals surface area contributed by atoms with Crippen molar-refractivity contribution >= 4 is 5.69 Å². The predicted octanol–water partition coefficient (Wildman–Crippen LogP) is 2.67. The van der Waals surface area contributed by atoms with Crippen molar-refractivity contribution in [2.75, 3.05) is 5.73 Å². The van der Waals surface area contributed by atoms with Gasteiger partial charge in [-0.25, -0.2) is 4.39 Å². The molecule has 1 heterocycles. The van der Waals surface area contributed by atoms with Gasteiger partial charge in [0.1, 0.15) is 11.5 Å². The monoisotopic (exact) mass is 283 g/mol. The maximum Gasteiger partial charge on any atom is 0.187 e. The first-order chi connectivity index (χ1) is 10.1. The Bertz CT molecular complexity index is 810. The van der Waals surface area contributed by atoms with E-state index in [1.54, 1.807) is 12.1 Å². The molecule has 3 aromatic rings. The molecule has 0 aliphatic heterocycles. The number of hydrogen-bond donors (Lipinski definition) is 1. The number of halogens is 1.